The Kier molecular flexibility index (Phi) is 5.28. The lowest BCUT2D eigenvalue weighted by atomic mass is 10.1. The highest BCUT2D eigenvalue weighted by molar-refractivity contribution is 7.88. The van der Waals surface area contributed by atoms with Gasteiger partial charge >= 0.3 is 0 Å². The summed E-state index contributed by atoms with van der Waals surface area (Å²) in [5, 5.41) is 4.72. The number of benzene rings is 1. The molecule has 162 valence electrons. The van der Waals surface area contributed by atoms with Gasteiger partial charge in [-0.15, -0.1) is 0 Å². The maximum absolute atomic E-state index is 12.2. The maximum Gasteiger partial charge on any atom is 0.211 e. The van der Waals surface area contributed by atoms with Gasteiger partial charge in [0.15, 0.2) is 0 Å². The van der Waals surface area contributed by atoms with E-state index in [0.717, 1.165) is 22.4 Å². The quantitative estimate of drug-likeness (QED) is 0.452. The van der Waals surface area contributed by atoms with Crippen LogP contribution >= 0.6 is 0 Å². The zero-order valence-electron chi connectivity index (χ0n) is 17.6. The van der Waals surface area contributed by atoms with Crippen LogP contribution in [0.15, 0.2) is 67.1 Å². The van der Waals surface area contributed by atoms with Crippen molar-refractivity contribution in [1.82, 2.24) is 29.0 Å². The Labute approximate surface area is 186 Å². The molecule has 5 rings (SSSR count). The SMILES string of the molecule is CS(=O)(=O)N1Cc2nc(Cc3ccccc3)nc(-c3ccn(Cc4cccnc4)n3)c2C1. The second-order valence-electron chi connectivity index (χ2n) is 7.87. The first-order valence-corrected chi connectivity index (χ1v) is 12.1. The number of fused-ring (bicyclic) bond motifs is 1. The van der Waals surface area contributed by atoms with Crippen molar-refractivity contribution in [3.8, 4) is 11.4 Å². The lowest BCUT2D eigenvalue weighted by Gasteiger charge is -2.10. The largest absolute Gasteiger partial charge is 0.268 e. The van der Waals surface area contributed by atoms with Crippen LogP contribution in [-0.2, 0) is 36.1 Å². The minimum absolute atomic E-state index is 0.252. The van der Waals surface area contributed by atoms with E-state index in [1.807, 2.05) is 65.6 Å². The number of rotatable bonds is 6. The zero-order chi connectivity index (χ0) is 22.1. The molecule has 0 amide bonds. The summed E-state index contributed by atoms with van der Waals surface area (Å²) in [7, 11) is -3.34. The normalized spacial score (nSPS) is 13.9. The van der Waals surface area contributed by atoms with Crippen molar-refractivity contribution in [3.63, 3.8) is 0 Å². The molecule has 4 heterocycles. The smallest absolute Gasteiger partial charge is 0.211 e. The Morgan fingerprint density at radius 3 is 2.53 bits per heavy atom. The van der Waals surface area contributed by atoms with Crippen LogP contribution in [0.2, 0.25) is 0 Å². The summed E-state index contributed by atoms with van der Waals surface area (Å²) in [6, 6.07) is 15.8. The average Bonchev–Trinajstić information content (AvgIpc) is 3.42. The van der Waals surface area contributed by atoms with Crippen LogP contribution < -0.4 is 0 Å². The van der Waals surface area contributed by atoms with Gasteiger partial charge in [-0.05, 0) is 23.3 Å². The molecule has 0 radical (unpaired) electrons. The molecule has 0 unspecified atom stereocenters. The number of hydrogen-bond donors (Lipinski definition) is 0. The summed E-state index contributed by atoms with van der Waals surface area (Å²) >= 11 is 0. The minimum atomic E-state index is -3.34. The van der Waals surface area contributed by atoms with Gasteiger partial charge in [-0.1, -0.05) is 36.4 Å². The van der Waals surface area contributed by atoms with E-state index < -0.39 is 10.0 Å². The van der Waals surface area contributed by atoms with E-state index in [2.05, 4.69) is 4.98 Å². The zero-order valence-corrected chi connectivity index (χ0v) is 18.4. The van der Waals surface area contributed by atoms with Gasteiger partial charge in [-0.25, -0.2) is 18.4 Å². The molecule has 0 saturated heterocycles. The van der Waals surface area contributed by atoms with Gasteiger partial charge in [0.25, 0.3) is 0 Å². The number of pyridine rings is 1. The Morgan fingerprint density at radius 1 is 0.969 bits per heavy atom. The lowest BCUT2D eigenvalue weighted by molar-refractivity contribution is 0.434. The van der Waals surface area contributed by atoms with Crippen LogP contribution in [0, 0.1) is 0 Å². The fourth-order valence-corrected chi connectivity index (χ4v) is 4.56. The molecule has 9 heteroatoms. The van der Waals surface area contributed by atoms with E-state index in [1.54, 1.807) is 6.20 Å². The average molecular weight is 447 g/mol. The highest BCUT2D eigenvalue weighted by atomic mass is 32.2. The summed E-state index contributed by atoms with van der Waals surface area (Å²) in [6.45, 7) is 1.10. The van der Waals surface area contributed by atoms with Crippen LogP contribution in [0.5, 0.6) is 0 Å². The van der Waals surface area contributed by atoms with Crippen molar-refractivity contribution >= 4 is 10.0 Å². The second kappa shape index (κ2) is 8.25. The van der Waals surface area contributed by atoms with Crippen molar-refractivity contribution < 1.29 is 8.42 Å². The van der Waals surface area contributed by atoms with Crippen LogP contribution in [0.3, 0.4) is 0 Å². The summed E-state index contributed by atoms with van der Waals surface area (Å²) in [5.74, 6) is 0.655. The van der Waals surface area contributed by atoms with Gasteiger partial charge < -0.3 is 0 Å². The maximum atomic E-state index is 12.2. The third-order valence-electron chi connectivity index (χ3n) is 5.42. The fourth-order valence-electron chi connectivity index (χ4n) is 3.84. The van der Waals surface area contributed by atoms with E-state index in [0.29, 0.717) is 30.2 Å². The Bertz CT molecular complexity index is 1350. The van der Waals surface area contributed by atoms with E-state index in [-0.39, 0.29) is 13.1 Å². The number of nitrogens with zero attached hydrogens (tertiary/aromatic N) is 6. The van der Waals surface area contributed by atoms with Crippen molar-refractivity contribution in [3.05, 3.63) is 95.3 Å². The molecule has 0 aliphatic carbocycles. The van der Waals surface area contributed by atoms with Crippen molar-refractivity contribution in [1.29, 1.82) is 0 Å². The topological polar surface area (TPSA) is 93.9 Å². The van der Waals surface area contributed by atoms with Crippen LogP contribution in [0.4, 0.5) is 0 Å². The fraction of sp³-hybridized carbons (Fsp3) is 0.217. The van der Waals surface area contributed by atoms with Gasteiger partial charge in [-0.2, -0.15) is 9.40 Å². The van der Waals surface area contributed by atoms with Gasteiger partial charge in [0.1, 0.15) is 11.5 Å². The minimum Gasteiger partial charge on any atom is -0.268 e. The summed E-state index contributed by atoms with van der Waals surface area (Å²) in [4.78, 5) is 13.7. The predicted molar refractivity (Wildman–Crippen MR) is 120 cm³/mol. The number of hydrogen-bond acceptors (Lipinski definition) is 6. The monoisotopic (exact) mass is 446 g/mol. The first-order chi connectivity index (χ1) is 15.5. The second-order valence-corrected chi connectivity index (χ2v) is 9.85. The van der Waals surface area contributed by atoms with Crippen molar-refractivity contribution in [2.24, 2.45) is 0 Å². The molecule has 0 spiro atoms. The molecule has 3 aromatic heterocycles. The molecular formula is C23H22N6O2S. The molecule has 0 bridgehead atoms. The molecule has 0 N–H and O–H groups in total. The predicted octanol–water partition coefficient (Wildman–Crippen LogP) is 2.65. The van der Waals surface area contributed by atoms with Gasteiger partial charge in [-0.3, -0.25) is 9.67 Å². The van der Waals surface area contributed by atoms with E-state index in [9.17, 15) is 8.42 Å². The van der Waals surface area contributed by atoms with Crippen molar-refractivity contribution in [2.45, 2.75) is 26.1 Å². The van der Waals surface area contributed by atoms with Gasteiger partial charge in [0, 0.05) is 37.1 Å². The summed E-state index contributed by atoms with van der Waals surface area (Å²) in [6.07, 6.45) is 7.24. The van der Waals surface area contributed by atoms with Gasteiger partial charge in [0.2, 0.25) is 10.0 Å². The van der Waals surface area contributed by atoms with Crippen LogP contribution in [0.1, 0.15) is 28.2 Å². The van der Waals surface area contributed by atoms with Crippen LogP contribution in [-0.4, -0.2) is 43.7 Å². The number of sulfonamides is 1. The Hall–Kier alpha value is -3.43. The van der Waals surface area contributed by atoms with Crippen molar-refractivity contribution in [2.75, 3.05) is 6.26 Å². The van der Waals surface area contributed by atoms with Gasteiger partial charge in [0.05, 0.1) is 30.7 Å². The first-order valence-electron chi connectivity index (χ1n) is 10.3. The molecule has 1 aromatic carbocycles. The molecular weight excluding hydrogens is 424 g/mol. The molecule has 1 aliphatic heterocycles. The van der Waals surface area contributed by atoms with E-state index in [4.69, 9.17) is 15.1 Å². The standard InChI is InChI=1S/C23H22N6O2S/c1-32(30,31)29-15-19-21(16-29)25-22(12-17-6-3-2-4-7-17)26-23(19)20-9-11-28(27-20)14-18-8-5-10-24-13-18/h2-11,13H,12,14-16H2,1H3. The molecule has 8 nitrogen and oxygen atoms in total. The van der Waals surface area contributed by atoms with E-state index >= 15 is 0 Å². The third kappa shape index (κ3) is 4.30. The van der Waals surface area contributed by atoms with Crippen LogP contribution in [0.25, 0.3) is 11.4 Å². The molecule has 1 aliphatic rings. The Balaban J connectivity index is 1.52. The highest BCUT2D eigenvalue weighted by Gasteiger charge is 2.31. The Morgan fingerprint density at radius 2 is 1.78 bits per heavy atom. The number of aromatic nitrogens is 5. The molecule has 0 fully saturated rings. The molecule has 0 saturated carbocycles. The lowest BCUT2D eigenvalue weighted by Crippen LogP contribution is -2.23. The summed E-state index contributed by atoms with van der Waals surface area (Å²) < 4.78 is 27.6. The van der Waals surface area contributed by atoms with E-state index in [1.165, 1.54) is 10.6 Å². The first kappa shape index (κ1) is 20.5. The third-order valence-corrected chi connectivity index (χ3v) is 6.62. The highest BCUT2D eigenvalue weighted by Crippen LogP contribution is 2.31. The molecule has 0 atom stereocenters. The molecule has 32 heavy (non-hydrogen) atoms. The molecule has 4 aromatic rings. The summed E-state index contributed by atoms with van der Waals surface area (Å²) in [5.41, 5.74) is 5.10.